The van der Waals surface area contributed by atoms with Crippen LogP contribution >= 0.6 is 11.3 Å². The van der Waals surface area contributed by atoms with E-state index in [0.29, 0.717) is 24.5 Å². The molecule has 1 N–H and O–H groups in total. The minimum atomic E-state index is -0.637. The molecule has 1 fully saturated rings. The van der Waals surface area contributed by atoms with Gasteiger partial charge in [0.25, 0.3) is 11.7 Å². The summed E-state index contributed by atoms with van der Waals surface area (Å²) >= 11 is 1.47. The van der Waals surface area contributed by atoms with Crippen LogP contribution in [-0.4, -0.2) is 60.4 Å². The molecule has 0 bridgehead atoms. The quantitative estimate of drug-likeness (QED) is 0.373. The van der Waals surface area contributed by atoms with Gasteiger partial charge in [0.2, 0.25) is 0 Å². The number of hydrogen-bond donors (Lipinski definition) is 1. The number of benzene rings is 1. The number of thiophene rings is 1. The van der Waals surface area contributed by atoms with Crippen LogP contribution in [0.4, 0.5) is 0 Å². The van der Waals surface area contributed by atoms with E-state index in [4.69, 9.17) is 4.74 Å². The molecule has 1 aliphatic heterocycles. The second kappa shape index (κ2) is 9.91. The molecule has 0 aliphatic carbocycles. The number of aliphatic hydroxyl groups excluding tert-OH is 1. The molecule has 2 aromatic rings. The molecule has 160 valence electrons. The van der Waals surface area contributed by atoms with Crippen molar-refractivity contribution < 1.29 is 19.4 Å². The Morgan fingerprint density at radius 3 is 2.53 bits per heavy atom. The summed E-state index contributed by atoms with van der Waals surface area (Å²) in [4.78, 5) is 30.2. The second-order valence-electron chi connectivity index (χ2n) is 7.54. The Labute approximate surface area is 181 Å². The maximum absolute atomic E-state index is 12.9. The number of aliphatic hydroxyl groups is 1. The fourth-order valence-electron chi connectivity index (χ4n) is 3.50. The number of hydrogen-bond acceptors (Lipinski definition) is 6. The summed E-state index contributed by atoms with van der Waals surface area (Å²) in [6.45, 7) is 3.90. The van der Waals surface area contributed by atoms with Gasteiger partial charge in [0.1, 0.15) is 11.5 Å². The highest BCUT2D eigenvalue weighted by atomic mass is 32.1. The Balaban J connectivity index is 1.95. The first-order valence-electron chi connectivity index (χ1n) is 10.1. The van der Waals surface area contributed by atoms with Crippen molar-refractivity contribution in [1.82, 2.24) is 9.80 Å². The maximum Gasteiger partial charge on any atom is 0.295 e. The Hall–Kier alpha value is -2.64. The first kappa shape index (κ1) is 22.1. The zero-order valence-corrected chi connectivity index (χ0v) is 18.4. The molecule has 0 radical (unpaired) electrons. The molecule has 2 heterocycles. The predicted octanol–water partition coefficient (Wildman–Crippen LogP) is 3.91. The van der Waals surface area contributed by atoms with Gasteiger partial charge in [-0.3, -0.25) is 9.59 Å². The van der Waals surface area contributed by atoms with E-state index < -0.39 is 17.7 Å². The van der Waals surface area contributed by atoms with Crippen molar-refractivity contribution in [3.05, 3.63) is 57.8 Å². The zero-order valence-electron chi connectivity index (χ0n) is 17.6. The number of carbonyl (C=O) groups is 2. The molecule has 1 atom stereocenters. The van der Waals surface area contributed by atoms with Crippen LogP contribution in [0, 0.1) is 0 Å². The van der Waals surface area contributed by atoms with E-state index in [0.717, 1.165) is 24.3 Å². The number of carbonyl (C=O) groups excluding carboxylic acids is 2. The zero-order chi connectivity index (χ0) is 21.7. The van der Waals surface area contributed by atoms with Crippen molar-refractivity contribution in [2.75, 3.05) is 33.8 Å². The summed E-state index contributed by atoms with van der Waals surface area (Å²) in [6.07, 6.45) is 1.64. The Kier molecular flexibility index (Phi) is 7.29. The third kappa shape index (κ3) is 4.74. The largest absolute Gasteiger partial charge is 0.507 e. The van der Waals surface area contributed by atoms with Gasteiger partial charge in [0, 0.05) is 17.0 Å². The summed E-state index contributed by atoms with van der Waals surface area (Å²) in [5, 5.41) is 12.9. The monoisotopic (exact) mass is 428 g/mol. The number of nitrogens with zero attached hydrogens (tertiary/aromatic N) is 2. The molecule has 1 amide bonds. The molecule has 6 nitrogen and oxygen atoms in total. The van der Waals surface area contributed by atoms with Gasteiger partial charge in [-0.1, -0.05) is 13.0 Å². The molecule has 1 aromatic carbocycles. The lowest BCUT2D eigenvalue weighted by molar-refractivity contribution is -0.139. The summed E-state index contributed by atoms with van der Waals surface area (Å²) < 4.78 is 5.58. The number of ketones is 1. The van der Waals surface area contributed by atoms with Gasteiger partial charge >= 0.3 is 0 Å². The van der Waals surface area contributed by atoms with E-state index in [1.54, 1.807) is 29.2 Å². The average molecular weight is 429 g/mol. The normalized spacial score (nSPS) is 18.4. The van der Waals surface area contributed by atoms with Crippen molar-refractivity contribution in [1.29, 1.82) is 0 Å². The van der Waals surface area contributed by atoms with Crippen LogP contribution in [0.15, 0.2) is 47.4 Å². The SMILES string of the molecule is CCCOc1ccc(/C(O)=C2\C(=O)C(=O)N(CCCN(C)C)C2c2cccs2)cc1. The molecule has 3 rings (SSSR count). The molecule has 30 heavy (non-hydrogen) atoms. The standard InChI is InChI=1S/C23H28N2O4S/c1-4-14-29-17-10-8-16(9-11-17)21(26)19-20(18-7-5-15-30-18)25(23(28)22(19)27)13-6-12-24(2)3/h5,7-11,15,20,26H,4,6,12-14H2,1-3H3/b21-19+. The van der Waals surface area contributed by atoms with Crippen molar-refractivity contribution in [2.45, 2.75) is 25.8 Å². The summed E-state index contributed by atoms with van der Waals surface area (Å²) in [7, 11) is 3.94. The van der Waals surface area contributed by atoms with Crippen LogP contribution in [0.3, 0.4) is 0 Å². The highest BCUT2D eigenvalue weighted by Crippen LogP contribution is 2.41. The van der Waals surface area contributed by atoms with Crippen LogP contribution in [0.25, 0.3) is 5.76 Å². The van der Waals surface area contributed by atoms with Crippen LogP contribution < -0.4 is 4.74 Å². The third-order valence-electron chi connectivity index (χ3n) is 4.96. The fraction of sp³-hybridized carbons (Fsp3) is 0.391. The molecule has 0 spiro atoms. The van der Waals surface area contributed by atoms with Gasteiger partial charge in [-0.15, -0.1) is 11.3 Å². The van der Waals surface area contributed by atoms with Gasteiger partial charge in [-0.2, -0.15) is 0 Å². The van der Waals surface area contributed by atoms with Crippen LogP contribution in [0.5, 0.6) is 5.75 Å². The van der Waals surface area contributed by atoms with E-state index in [-0.39, 0.29) is 11.3 Å². The van der Waals surface area contributed by atoms with E-state index >= 15 is 0 Å². The summed E-state index contributed by atoms with van der Waals surface area (Å²) in [5.41, 5.74) is 0.640. The van der Waals surface area contributed by atoms with Crippen molar-refractivity contribution in [3.63, 3.8) is 0 Å². The van der Waals surface area contributed by atoms with Crippen molar-refractivity contribution >= 4 is 28.8 Å². The minimum Gasteiger partial charge on any atom is -0.507 e. The smallest absolute Gasteiger partial charge is 0.295 e. The predicted molar refractivity (Wildman–Crippen MR) is 119 cm³/mol. The highest BCUT2D eigenvalue weighted by molar-refractivity contribution is 7.10. The van der Waals surface area contributed by atoms with Crippen LogP contribution in [0.1, 0.15) is 36.2 Å². The topological polar surface area (TPSA) is 70.1 Å². The molecular weight excluding hydrogens is 400 g/mol. The van der Waals surface area contributed by atoms with E-state index in [2.05, 4.69) is 0 Å². The molecule has 7 heteroatoms. The first-order chi connectivity index (χ1) is 14.4. The van der Waals surface area contributed by atoms with Gasteiger partial charge in [-0.05, 0) is 69.2 Å². The minimum absolute atomic E-state index is 0.148. The number of Topliss-reactive ketones (excluding diaryl/α,β-unsaturated/α-hetero) is 1. The van der Waals surface area contributed by atoms with E-state index in [1.807, 2.05) is 43.4 Å². The fourth-order valence-corrected chi connectivity index (χ4v) is 4.34. The molecular formula is C23H28N2O4S. The number of rotatable bonds is 9. The highest BCUT2D eigenvalue weighted by Gasteiger charge is 2.46. The van der Waals surface area contributed by atoms with Crippen molar-refractivity contribution in [3.8, 4) is 5.75 Å². The Morgan fingerprint density at radius 2 is 1.93 bits per heavy atom. The first-order valence-corrected chi connectivity index (χ1v) is 11.0. The van der Waals surface area contributed by atoms with E-state index in [9.17, 15) is 14.7 Å². The molecule has 1 saturated heterocycles. The van der Waals surface area contributed by atoms with Crippen molar-refractivity contribution in [2.24, 2.45) is 0 Å². The summed E-state index contributed by atoms with van der Waals surface area (Å²) in [6, 6.07) is 10.2. The van der Waals surface area contributed by atoms with Gasteiger partial charge < -0.3 is 19.6 Å². The number of ether oxygens (including phenoxy) is 1. The lowest BCUT2D eigenvalue weighted by atomic mass is 10.00. The third-order valence-corrected chi connectivity index (χ3v) is 5.88. The maximum atomic E-state index is 12.9. The molecule has 1 aliphatic rings. The van der Waals surface area contributed by atoms with Gasteiger partial charge in [0.05, 0.1) is 18.2 Å². The van der Waals surface area contributed by atoms with Gasteiger partial charge in [0.15, 0.2) is 0 Å². The molecule has 1 aromatic heterocycles. The Morgan fingerprint density at radius 1 is 1.20 bits per heavy atom. The van der Waals surface area contributed by atoms with Crippen LogP contribution in [-0.2, 0) is 9.59 Å². The Bertz CT molecular complexity index is 904. The number of likely N-dealkylation sites (tertiary alicyclic amines) is 1. The second-order valence-corrected chi connectivity index (χ2v) is 8.52. The average Bonchev–Trinajstić information content (AvgIpc) is 3.34. The summed E-state index contributed by atoms with van der Waals surface area (Å²) in [5.74, 6) is -0.644. The lowest BCUT2D eigenvalue weighted by Crippen LogP contribution is -2.32. The van der Waals surface area contributed by atoms with Gasteiger partial charge in [-0.25, -0.2) is 0 Å². The molecule has 1 unspecified atom stereocenters. The van der Waals surface area contributed by atoms with E-state index in [1.165, 1.54) is 11.3 Å². The number of amides is 1. The van der Waals surface area contributed by atoms with Crippen LogP contribution in [0.2, 0.25) is 0 Å². The molecule has 0 saturated carbocycles. The lowest BCUT2D eigenvalue weighted by Gasteiger charge is -2.24.